The van der Waals surface area contributed by atoms with Gasteiger partial charge in [-0.2, -0.15) is 0 Å². The molecule has 1 heterocycles. The molecule has 1 fully saturated rings. The maximum Gasteiger partial charge on any atom is 0.268 e. The highest BCUT2D eigenvalue weighted by atomic mass is 32.2. The molecule has 0 radical (unpaired) electrons. The van der Waals surface area contributed by atoms with Gasteiger partial charge in [0.25, 0.3) is 5.91 Å². The summed E-state index contributed by atoms with van der Waals surface area (Å²) < 4.78 is 37.9. The average molecular weight is 582 g/mol. The molecule has 0 saturated heterocycles. The van der Waals surface area contributed by atoms with Crippen LogP contribution >= 0.6 is 0 Å². The van der Waals surface area contributed by atoms with Gasteiger partial charge in [0.1, 0.15) is 5.75 Å². The summed E-state index contributed by atoms with van der Waals surface area (Å²) in [6.07, 6.45) is 8.63. The Hall–Kier alpha value is -3.31. The van der Waals surface area contributed by atoms with E-state index >= 15 is 0 Å². The number of nitrogens with zero attached hydrogens (tertiary/aromatic N) is 1. The van der Waals surface area contributed by atoms with Crippen molar-refractivity contribution in [1.82, 2.24) is 15.0 Å². The molecule has 220 valence electrons. The summed E-state index contributed by atoms with van der Waals surface area (Å²) in [5.41, 5.74) is 3.96. The average Bonchev–Trinajstić information content (AvgIpc) is 2.99. The summed E-state index contributed by atoms with van der Waals surface area (Å²) in [5.74, 6) is -0.636. The van der Waals surface area contributed by atoms with E-state index < -0.39 is 22.0 Å². The molecule has 1 atom stereocenters. The number of aliphatic hydroxyl groups excluding tert-OH is 1. The first-order chi connectivity index (χ1) is 19.8. The minimum atomic E-state index is -3.84. The lowest BCUT2D eigenvalue weighted by molar-refractivity contribution is 0.0969. The Balaban J connectivity index is 1.42. The van der Waals surface area contributed by atoms with Crippen molar-refractivity contribution in [3.63, 3.8) is 0 Å². The molecule has 10 heteroatoms. The molecule has 0 unspecified atom stereocenters. The number of methoxy groups -OCH3 is 1. The zero-order chi connectivity index (χ0) is 29.1. The fraction of sp³-hybridized carbons (Fsp3) is 0.419. The van der Waals surface area contributed by atoms with Crippen LogP contribution in [0.1, 0.15) is 59.7 Å². The molecule has 1 saturated carbocycles. The summed E-state index contributed by atoms with van der Waals surface area (Å²) >= 11 is 0. The molecule has 0 aliphatic heterocycles. The second-order valence-corrected chi connectivity index (χ2v) is 12.1. The molecule has 9 nitrogen and oxygen atoms in total. The molecule has 2 aromatic carbocycles. The van der Waals surface area contributed by atoms with Crippen molar-refractivity contribution >= 4 is 15.9 Å². The number of pyridine rings is 1. The lowest BCUT2D eigenvalue weighted by atomic mass is 9.97. The Morgan fingerprint density at radius 1 is 1.07 bits per heavy atom. The van der Waals surface area contributed by atoms with E-state index in [4.69, 9.17) is 9.47 Å². The molecule has 3 N–H and O–H groups in total. The Bertz CT molecular complexity index is 1360. The predicted molar refractivity (Wildman–Crippen MR) is 158 cm³/mol. The minimum Gasteiger partial charge on any atom is -0.490 e. The van der Waals surface area contributed by atoms with E-state index in [0.717, 1.165) is 60.8 Å². The van der Waals surface area contributed by atoms with Crippen LogP contribution < -0.4 is 14.8 Å². The Morgan fingerprint density at radius 3 is 2.54 bits per heavy atom. The summed E-state index contributed by atoms with van der Waals surface area (Å²) in [7, 11) is -2.43. The smallest absolute Gasteiger partial charge is 0.268 e. The number of carbonyl (C=O) groups excluding carboxylic acids is 1. The van der Waals surface area contributed by atoms with E-state index in [1.54, 1.807) is 24.5 Å². The normalized spacial score (nSPS) is 14.9. The van der Waals surface area contributed by atoms with E-state index in [0.29, 0.717) is 18.8 Å². The zero-order valence-electron chi connectivity index (χ0n) is 23.4. The molecular formula is C31H39N3O6S. The number of ether oxygens (including phenoxy) is 2. The Morgan fingerprint density at radius 2 is 1.83 bits per heavy atom. The van der Waals surface area contributed by atoms with Gasteiger partial charge in [0.15, 0.2) is 0 Å². The number of rotatable bonds is 14. The van der Waals surface area contributed by atoms with Crippen molar-refractivity contribution in [2.45, 2.75) is 50.7 Å². The van der Waals surface area contributed by atoms with Gasteiger partial charge in [-0.05, 0) is 73.5 Å². The molecule has 41 heavy (non-hydrogen) atoms. The molecule has 1 aromatic heterocycles. The van der Waals surface area contributed by atoms with Gasteiger partial charge in [-0.25, -0.2) is 13.1 Å². The van der Waals surface area contributed by atoms with Gasteiger partial charge in [-0.1, -0.05) is 42.8 Å². The molecular weight excluding hydrogens is 542 g/mol. The first-order valence-electron chi connectivity index (χ1n) is 14.1. The van der Waals surface area contributed by atoms with E-state index in [1.807, 2.05) is 30.3 Å². The van der Waals surface area contributed by atoms with Crippen LogP contribution in [-0.2, 0) is 21.2 Å². The molecule has 0 bridgehead atoms. The van der Waals surface area contributed by atoms with Crippen LogP contribution in [0.25, 0.3) is 11.1 Å². The van der Waals surface area contributed by atoms with Crippen LogP contribution in [0, 0.1) is 0 Å². The topological polar surface area (TPSA) is 127 Å². The monoisotopic (exact) mass is 581 g/mol. The lowest BCUT2D eigenvalue weighted by Gasteiger charge is -2.24. The Labute approximate surface area is 242 Å². The number of carbonyl (C=O) groups is 1. The first-order valence-corrected chi connectivity index (χ1v) is 15.7. The zero-order valence-corrected chi connectivity index (χ0v) is 24.2. The number of hydrogen-bond acceptors (Lipinski definition) is 8. The quantitative estimate of drug-likeness (QED) is 0.244. The van der Waals surface area contributed by atoms with Crippen LogP contribution in [0.2, 0.25) is 0 Å². The van der Waals surface area contributed by atoms with Crippen molar-refractivity contribution in [2.24, 2.45) is 0 Å². The number of hydrogen-bond donors (Lipinski definition) is 3. The van der Waals surface area contributed by atoms with Crippen molar-refractivity contribution in [3.05, 3.63) is 83.7 Å². The first kappa shape index (κ1) is 30.6. The van der Waals surface area contributed by atoms with Gasteiger partial charge in [-0.3, -0.25) is 9.78 Å². The summed E-state index contributed by atoms with van der Waals surface area (Å²) in [5, 5.41) is 13.6. The maximum absolute atomic E-state index is 13.0. The second-order valence-electron chi connectivity index (χ2n) is 10.3. The molecule has 0 spiro atoms. The molecule has 1 aliphatic rings. The highest BCUT2D eigenvalue weighted by Crippen LogP contribution is 2.31. The molecule has 4 rings (SSSR count). The number of aromatic nitrogens is 1. The maximum atomic E-state index is 13.0. The van der Waals surface area contributed by atoms with Crippen molar-refractivity contribution in [3.8, 4) is 16.9 Å². The fourth-order valence-electron chi connectivity index (χ4n) is 4.82. The summed E-state index contributed by atoms with van der Waals surface area (Å²) in [6.45, 7) is 1.15. The van der Waals surface area contributed by atoms with Gasteiger partial charge in [0.05, 0.1) is 30.1 Å². The molecule has 1 aliphatic carbocycles. The standard InChI is InChI=1S/C31H39N3O6S/c1-39-18-19-41(37,38)34-31(36)28-14-13-25(20-30(28)40-27-7-3-2-4-8-27)24-11-9-23(10-12-24)15-17-33-22-29(35)26-6-5-16-32-21-26/h5-6,9-14,16,20-21,27,29,33,35H,2-4,7-8,15,17-19,22H2,1H3,(H,34,36)/t29-/m1/s1. The summed E-state index contributed by atoms with van der Waals surface area (Å²) in [6, 6.07) is 17.1. The third-order valence-electron chi connectivity index (χ3n) is 7.16. The number of aliphatic hydroxyl groups is 1. The number of benzene rings is 2. The second kappa shape index (κ2) is 15.1. The van der Waals surface area contributed by atoms with Gasteiger partial charge >= 0.3 is 0 Å². The lowest BCUT2D eigenvalue weighted by Crippen LogP contribution is -2.34. The third kappa shape index (κ3) is 9.36. The van der Waals surface area contributed by atoms with E-state index in [1.165, 1.54) is 7.11 Å². The fourth-order valence-corrected chi connectivity index (χ4v) is 5.70. The Kier molecular flexibility index (Phi) is 11.3. The van der Waals surface area contributed by atoms with E-state index in [2.05, 4.69) is 27.2 Å². The van der Waals surface area contributed by atoms with Crippen molar-refractivity contribution in [1.29, 1.82) is 0 Å². The van der Waals surface area contributed by atoms with Crippen LogP contribution in [-0.4, -0.2) is 63.1 Å². The van der Waals surface area contributed by atoms with E-state index in [-0.39, 0.29) is 24.0 Å². The van der Waals surface area contributed by atoms with Gasteiger partial charge in [0, 0.05) is 31.6 Å². The van der Waals surface area contributed by atoms with Gasteiger partial charge in [0.2, 0.25) is 10.0 Å². The van der Waals surface area contributed by atoms with Crippen LogP contribution in [0.5, 0.6) is 5.75 Å². The van der Waals surface area contributed by atoms with Crippen LogP contribution in [0.15, 0.2) is 67.0 Å². The highest BCUT2D eigenvalue weighted by Gasteiger charge is 2.23. The van der Waals surface area contributed by atoms with E-state index in [9.17, 15) is 18.3 Å². The number of sulfonamides is 1. The van der Waals surface area contributed by atoms with Crippen molar-refractivity contribution in [2.75, 3.05) is 32.6 Å². The van der Waals surface area contributed by atoms with Crippen LogP contribution in [0.4, 0.5) is 0 Å². The van der Waals surface area contributed by atoms with Gasteiger partial charge < -0.3 is 19.9 Å². The van der Waals surface area contributed by atoms with Crippen molar-refractivity contribution < 1.29 is 27.8 Å². The summed E-state index contributed by atoms with van der Waals surface area (Å²) in [4.78, 5) is 17.0. The minimum absolute atomic E-state index is 0.00754. The van der Waals surface area contributed by atoms with Crippen LogP contribution in [0.3, 0.4) is 0 Å². The molecule has 1 amide bonds. The largest absolute Gasteiger partial charge is 0.490 e. The predicted octanol–water partition coefficient (Wildman–Crippen LogP) is 4.03. The number of amides is 1. The number of nitrogens with one attached hydrogen (secondary N) is 2. The third-order valence-corrected chi connectivity index (χ3v) is 8.36. The highest BCUT2D eigenvalue weighted by molar-refractivity contribution is 7.90. The SMILES string of the molecule is COCCS(=O)(=O)NC(=O)c1ccc(-c2ccc(CCNC[C@@H](O)c3cccnc3)cc2)cc1OC1CCCCC1. The van der Waals surface area contributed by atoms with Gasteiger partial charge in [-0.15, -0.1) is 0 Å². The molecule has 3 aromatic rings.